The molecular formula is C22H24N4O3. The van der Waals surface area contributed by atoms with Crippen LogP contribution >= 0.6 is 0 Å². The van der Waals surface area contributed by atoms with Crippen LogP contribution in [0.1, 0.15) is 30.2 Å². The lowest BCUT2D eigenvalue weighted by Gasteiger charge is -2.08. The summed E-state index contributed by atoms with van der Waals surface area (Å²) in [5.74, 6) is 0.981. The first-order valence-corrected chi connectivity index (χ1v) is 9.79. The van der Waals surface area contributed by atoms with E-state index < -0.39 is 0 Å². The fourth-order valence-electron chi connectivity index (χ4n) is 3.33. The van der Waals surface area contributed by atoms with Crippen LogP contribution in [0.15, 0.2) is 53.7 Å². The van der Waals surface area contributed by atoms with Crippen LogP contribution in [0, 0.1) is 11.8 Å². The van der Waals surface area contributed by atoms with Crippen LogP contribution in [0.4, 0.5) is 0 Å². The highest BCUT2D eigenvalue weighted by molar-refractivity contribution is 5.72. The monoisotopic (exact) mass is 392 g/mol. The number of aryl methyl sites for hydroxylation is 1. The molecule has 2 unspecified atom stereocenters. The Morgan fingerprint density at radius 2 is 2.07 bits per heavy atom. The van der Waals surface area contributed by atoms with E-state index in [1.165, 1.54) is 6.07 Å². The van der Waals surface area contributed by atoms with E-state index in [1.807, 2.05) is 37.5 Å². The van der Waals surface area contributed by atoms with Crippen LogP contribution in [-0.4, -0.2) is 32.1 Å². The van der Waals surface area contributed by atoms with Crippen LogP contribution in [0.25, 0.3) is 5.69 Å². The zero-order valence-corrected chi connectivity index (χ0v) is 16.6. The van der Waals surface area contributed by atoms with Crippen molar-refractivity contribution < 1.29 is 9.53 Å². The second-order valence-electron chi connectivity index (χ2n) is 7.77. The quantitative estimate of drug-likeness (QED) is 0.577. The molecule has 29 heavy (non-hydrogen) atoms. The molecule has 1 aliphatic carbocycles. The van der Waals surface area contributed by atoms with Gasteiger partial charge in [-0.3, -0.25) is 14.3 Å². The summed E-state index contributed by atoms with van der Waals surface area (Å²) in [6, 6.07) is 9.17. The van der Waals surface area contributed by atoms with Gasteiger partial charge in [0.25, 0.3) is 0 Å². The lowest BCUT2D eigenvalue weighted by Crippen LogP contribution is -2.16. The van der Waals surface area contributed by atoms with E-state index in [9.17, 15) is 9.59 Å². The summed E-state index contributed by atoms with van der Waals surface area (Å²) >= 11 is 0. The van der Waals surface area contributed by atoms with Crippen molar-refractivity contribution in [1.82, 2.24) is 19.6 Å². The molecule has 7 nitrogen and oxygen atoms in total. The van der Waals surface area contributed by atoms with Crippen molar-refractivity contribution in [2.24, 2.45) is 18.9 Å². The van der Waals surface area contributed by atoms with Crippen LogP contribution in [0.2, 0.25) is 0 Å². The molecule has 2 atom stereocenters. The molecular weight excluding hydrogens is 368 g/mol. The number of rotatable bonds is 7. The number of carbonyl (C=O) groups is 1. The normalized spacial score (nSPS) is 17.9. The highest BCUT2D eigenvalue weighted by Gasteiger charge is 2.33. The Morgan fingerprint density at radius 3 is 2.79 bits per heavy atom. The predicted molar refractivity (Wildman–Crippen MR) is 108 cm³/mol. The van der Waals surface area contributed by atoms with E-state index in [4.69, 9.17) is 4.74 Å². The fraction of sp³-hybridized carbons (Fsp3) is 0.364. The third kappa shape index (κ3) is 4.80. The third-order valence-corrected chi connectivity index (χ3v) is 5.28. The zero-order chi connectivity index (χ0) is 20.4. The van der Waals surface area contributed by atoms with Gasteiger partial charge in [-0.05, 0) is 29.4 Å². The molecule has 4 rings (SSSR count). The summed E-state index contributed by atoms with van der Waals surface area (Å²) in [5.41, 5.74) is 2.92. The van der Waals surface area contributed by atoms with Gasteiger partial charge < -0.3 is 4.74 Å². The van der Waals surface area contributed by atoms with E-state index in [0.29, 0.717) is 30.6 Å². The highest BCUT2D eigenvalue weighted by Crippen LogP contribution is 2.37. The van der Waals surface area contributed by atoms with E-state index in [0.717, 1.165) is 23.2 Å². The summed E-state index contributed by atoms with van der Waals surface area (Å²) in [6.45, 7) is 2.68. The molecule has 0 saturated heterocycles. The van der Waals surface area contributed by atoms with Gasteiger partial charge in [-0.2, -0.15) is 10.2 Å². The Bertz CT molecular complexity index is 1090. The Balaban J connectivity index is 1.45. The Kier molecular flexibility index (Phi) is 5.29. The SMILES string of the molecule is CC1CC1COC(=O)Cc1cccc(Cc2nn(-c3cnn(C)c3)ccc2=O)c1. The van der Waals surface area contributed by atoms with E-state index in [2.05, 4.69) is 17.1 Å². The van der Waals surface area contributed by atoms with E-state index in [1.54, 1.807) is 21.8 Å². The zero-order valence-electron chi connectivity index (χ0n) is 16.6. The number of esters is 1. The maximum Gasteiger partial charge on any atom is 0.310 e. The second kappa shape index (κ2) is 8.03. The standard InChI is InChI=1S/C22H24N4O3/c1-15-8-18(15)14-29-22(28)11-17-5-3-4-16(9-17)10-20-21(27)6-7-26(24-20)19-12-23-25(2)13-19/h3-7,9,12-13,15,18H,8,10-11,14H2,1-2H3. The van der Waals surface area contributed by atoms with Crippen LogP contribution < -0.4 is 5.43 Å². The van der Waals surface area contributed by atoms with Gasteiger partial charge in [0.05, 0.1) is 25.4 Å². The van der Waals surface area contributed by atoms with Crippen molar-refractivity contribution in [3.05, 3.63) is 76.0 Å². The van der Waals surface area contributed by atoms with Crippen LogP contribution in [0.5, 0.6) is 0 Å². The molecule has 1 aromatic carbocycles. The lowest BCUT2D eigenvalue weighted by atomic mass is 10.0. The first kappa shape index (κ1) is 19.1. The predicted octanol–water partition coefficient (Wildman–Crippen LogP) is 2.30. The van der Waals surface area contributed by atoms with Crippen LogP contribution in [0.3, 0.4) is 0 Å². The van der Waals surface area contributed by atoms with Crippen molar-refractivity contribution in [3.8, 4) is 5.69 Å². The molecule has 0 spiro atoms. The first-order valence-electron chi connectivity index (χ1n) is 9.79. The third-order valence-electron chi connectivity index (χ3n) is 5.28. The van der Waals surface area contributed by atoms with Gasteiger partial charge in [0.15, 0.2) is 0 Å². The number of aromatic nitrogens is 4. The molecule has 0 N–H and O–H groups in total. The molecule has 0 aliphatic heterocycles. The number of benzene rings is 1. The van der Waals surface area contributed by atoms with Crippen molar-refractivity contribution in [2.75, 3.05) is 6.61 Å². The maximum absolute atomic E-state index is 12.3. The van der Waals surface area contributed by atoms with Gasteiger partial charge in [0.1, 0.15) is 11.4 Å². The van der Waals surface area contributed by atoms with Crippen molar-refractivity contribution in [2.45, 2.75) is 26.2 Å². The van der Waals surface area contributed by atoms with E-state index in [-0.39, 0.29) is 17.8 Å². The summed E-state index contributed by atoms with van der Waals surface area (Å²) in [5, 5.41) is 8.60. The Morgan fingerprint density at radius 1 is 1.28 bits per heavy atom. The molecule has 2 aromatic heterocycles. The average molecular weight is 392 g/mol. The topological polar surface area (TPSA) is 79.0 Å². The minimum Gasteiger partial charge on any atom is -0.465 e. The van der Waals surface area contributed by atoms with Gasteiger partial charge in [-0.1, -0.05) is 31.2 Å². The average Bonchev–Trinajstić information content (AvgIpc) is 3.23. The van der Waals surface area contributed by atoms with E-state index >= 15 is 0 Å². The number of hydrogen-bond acceptors (Lipinski definition) is 5. The number of carbonyl (C=O) groups excluding carboxylic acids is 1. The van der Waals surface area contributed by atoms with Gasteiger partial charge in [-0.25, -0.2) is 4.68 Å². The first-order chi connectivity index (χ1) is 14.0. The highest BCUT2D eigenvalue weighted by atomic mass is 16.5. The smallest absolute Gasteiger partial charge is 0.310 e. The molecule has 0 bridgehead atoms. The summed E-state index contributed by atoms with van der Waals surface area (Å²) in [4.78, 5) is 24.4. The molecule has 1 saturated carbocycles. The van der Waals surface area contributed by atoms with Gasteiger partial charge in [0, 0.05) is 25.7 Å². The molecule has 3 aromatic rings. The number of hydrogen-bond donors (Lipinski definition) is 0. The fourth-order valence-corrected chi connectivity index (χ4v) is 3.33. The van der Waals surface area contributed by atoms with Crippen molar-refractivity contribution in [1.29, 1.82) is 0 Å². The molecule has 150 valence electrons. The Hall–Kier alpha value is -3.22. The summed E-state index contributed by atoms with van der Waals surface area (Å²) < 4.78 is 8.70. The molecule has 0 amide bonds. The molecule has 7 heteroatoms. The Labute approximate surface area is 168 Å². The van der Waals surface area contributed by atoms with Gasteiger partial charge in [-0.15, -0.1) is 0 Å². The number of ether oxygens (including phenoxy) is 1. The minimum atomic E-state index is -0.210. The molecule has 0 radical (unpaired) electrons. The van der Waals surface area contributed by atoms with Crippen molar-refractivity contribution in [3.63, 3.8) is 0 Å². The molecule has 1 fully saturated rings. The van der Waals surface area contributed by atoms with Crippen molar-refractivity contribution >= 4 is 5.97 Å². The van der Waals surface area contributed by atoms with Gasteiger partial charge in [0.2, 0.25) is 5.43 Å². The van der Waals surface area contributed by atoms with Gasteiger partial charge >= 0.3 is 5.97 Å². The minimum absolute atomic E-state index is 0.117. The molecule has 1 aliphatic rings. The lowest BCUT2D eigenvalue weighted by molar-refractivity contribution is -0.143. The second-order valence-corrected chi connectivity index (χ2v) is 7.77. The number of nitrogens with zero attached hydrogens (tertiary/aromatic N) is 4. The maximum atomic E-state index is 12.3. The summed E-state index contributed by atoms with van der Waals surface area (Å²) in [6.07, 6.45) is 6.92. The van der Waals surface area contributed by atoms with Crippen LogP contribution in [-0.2, 0) is 29.4 Å². The molecule has 2 heterocycles. The summed E-state index contributed by atoms with van der Waals surface area (Å²) in [7, 11) is 1.83. The largest absolute Gasteiger partial charge is 0.465 e.